The number of alkyl halides is 3. The van der Waals surface area contributed by atoms with E-state index in [0.29, 0.717) is 5.69 Å². The predicted octanol–water partition coefficient (Wildman–Crippen LogP) is 3.45. The molecule has 100 valence electrons. The molecule has 0 aliphatic heterocycles. The first-order valence-corrected chi connectivity index (χ1v) is 5.24. The van der Waals surface area contributed by atoms with E-state index in [0.717, 1.165) is 5.56 Å². The zero-order valence-corrected chi connectivity index (χ0v) is 9.75. The van der Waals surface area contributed by atoms with Gasteiger partial charge in [-0.3, -0.25) is 15.0 Å². The van der Waals surface area contributed by atoms with Crippen LogP contribution in [-0.2, 0) is 6.18 Å². The highest BCUT2D eigenvalue weighted by Gasteiger charge is 2.37. The van der Waals surface area contributed by atoms with Crippen LogP contribution >= 0.6 is 0 Å². The van der Waals surface area contributed by atoms with Gasteiger partial charge in [-0.2, -0.15) is 18.3 Å². The molecule has 0 aliphatic carbocycles. The SMILES string of the molecule is Cc1ccc(N=Nc2c(C(F)(F)F)[nH][nH]c2=O)cc1. The maximum absolute atomic E-state index is 12.5. The number of aromatic amines is 2. The molecule has 1 aromatic heterocycles. The summed E-state index contributed by atoms with van der Waals surface area (Å²) in [6.45, 7) is 1.86. The minimum atomic E-state index is -4.69. The molecule has 8 heteroatoms. The highest BCUT2D eigenvalue weighted by Crippen LogP contribution is 2.33. The van der Waals surface area contributed by atoms with Crippen molar-refractivity contribution in [3.8, 4) is 0 Å². The third kappa shape index (κ3) is 2.90. The number of H-pyrrole nitrogens is 2. The van der Waals surface area contributed by atoms with Gasteiger partial charge < -0.3 is 0 Å². The second-order valence-corrected chi connectivity index (χ2v) is 3.84. The third-order valence-corrected chi connectivity index (χ3v) is 2.34. The number of benzene rings is 1. The van der Waals surface area contributed by atoms with Crippen molar-refractivity contribution in [2.24, 2.45) is 10.2 Å². The lowest BCUT2D eigenvalue weighted by Crippen LogP contribution is -2.06. The fourth-order valence-corrected chi connectivity index (χ4v) is 1.37. The van der Waals surface area contributed by atoms with Crippen LogP contribution in [0.25, 0.3) is 0 Å². The molecule has 0 unspecified atom stereocenters. The fourth-order valence-electron chi connectivity index (χ4n) is 1.37. The Kier molecular flexibility index (Phi) is 3.24. The van der Waals surface area contributed by atoms with Crippen LogP contribution in [0.3, 0.4) is 0 Å². The predicted molar refractivity (Wildman–Crippen MR) is 61.8 cm³/mol. The summed E-state index contributed by atoms with van der Waals surface area (Å²) in [5.41, 5.74) is -1.65. The molecular formula is C11H9F3N4O. The van der Waals surface area contributed by atoms with Gasteiger partial charge in [0.05, 0.1) is 5.69 Å². The number of halogens is 3. The molecule has 0 amide bonds. The topological polar surface area (TPSA) is 73.4 Å². The molecule has 0 saturated carbocycles. The largest absolute Gasteiger partial charge is 0.435 e. The van der Waals surface area contributed by atoms with Crippen molar-refractivity contribution in [1.29, 1.82) is 0 Å². The molecule has 0 atom stereocenters. The summed E-state index contributed by atoms with van der Waals surface area (Å²) in [6, 6.07) is 6.65. The molecule has 1 heterocycles. The number of hydrogen-bond donors (Lipinski definition) is 2. The molecule has 2 rings (SSSR count). The first-order chi connectivity index (χ1) is 8.88. The number of rotatable bonds is 2. The molecule has 0 fully saturated rings. The minimum absolute atomic E-state index is 0.360. The first kappa shape index (κ1) is 13.1. The zero-order valence-electron chi connectivity index (χ0n) is 9.75. The van der Waals surface area contributed by atoms with Crippen molar-refractivity contribution in [3.63, 3.8) is 0 Å². The number of nitrogens with zero attached hydrogens (tertiary/aromatic N) is 2. The molecule has 2 N–H and O–H groups in total. The number of aryl methyl sites for hydroxylation is 1. The van der Waals surface area contributed by atoms with Crippen molar-refractivity contribution in [2.45, 2.75) is 13.1 Å². The lowest BCUT2D eigenvalue weighted by molar-refractivity contribution is -0.140. The summed E-state index contributed by atoms with van der Waals surface area (Å²) in [7, 11) is 0. The summed E-state index contributed by atoms with van der Waals surface area (Å²) in [5.74, 6) is 0. The van der Waals surface area contributed by atoms with Crippen LogP contribution in [0.15, 0.2) is 39.3 Å². The molecule has 0 radical (unpaired) electrons. The Labute approximate surface area is 105 Å². The summed E-state index contributed by atoms with van der Waals surface area (Å²) in [4.78, 5) is 11.2. The van der Waals surface area contributed by atoms with Crippen LogP contribution in [-0.4, -0.2) is 10.2 Å². The van der Waals surface area contributed by atoms with E-state index in [1.165, 1.54) is 0 Å². The van der Waals surface area contributed by atoms with E-state index in [-0.39, 0.29) is 0 Å². The van der Waals surface area contributed by atoms with Crippen LogP contribution in [0, 0.1) is 6.92 Å². The van der Waals surface area contributed by atoms with E-state index in [9.17, 15) is 18.0 Å². The lowest BCUT2D eigenvalue weighted by atomic mass is 10.2. The van der Waals surface area contributed by atoms with E-state index in [1.807, 2.05) is 12.0 Å². The third-order valence-electron chi connectivity index (χ3n) is 2.34. The Morgan fingerprint density at radius 3 is 2.26 bits per heavy atom. The Hall–Kier alpha value is -2.38. The van der Waals surface area contributed by atoms with Gasteiger partial charge in [-0.15, -0.1) is 5.11 Å². The zero-order chi connectivity index (χ0) is 14.0. The highest BCUT2D eigenvalue weighted by molar-refractivity contribution is 5.43. The van der Waals surface area contributed by atoms with Gasteiger partial charge in [-0.05, 0) is 19.1 Å². The lowest BCUT2D eigenvalue weighted by Gasteiger charge is -2.02. The van der Waals surface area contributed by atoms with Gasteiger partial charge in [0, 0.05) is 0 Å². The van der Waals surface area contributed by atoms with E-state index in [2.05, 4.69) is 10.2 Å². The van der Waals surface area contributed by atoms with Gasteiger partial charge in [0.25, 0.3) is 5.56 Å². The summed E-state index contributed by atoms with van der Waals surface area (Å²) in [6.07, 6.45) is -4.69. The Morgan fingerprint density at radius 2 is 1.68 bits per heavy atom. The molecule has 0 spiro atoms. The van der Waals surface area contributed by atoms with Crippen LogP contribution in [0.1, 0.15) is 11.3 Å². The van der Waals surface area contributed by atoms with Crippen molar-refractivity contribution >= 4 is 11.4 Å². The Morgan fingerprint density at radius 1 is 1.05 bits per heavy atom. The van der Waals surface area contributed by atoms with Gasteiger partial charge in [0.1, 0.15) is 0 Å². The van der Waals surface area contributed by atoms with Crippen LogP contribution in [0.4, 0.5) is 24.5 Å². The van der Waals surface area contributed by atoms with E-state index in [4.69, 9.17) is 0 Å². The normalized spacial score (nSPS) is 12.2. The summed E-state index contributed by atoms with van der Waals surface area (Å²) in [5, 5.41) is 10.5. The fraction of sp³-hybridized carbons (Fsp3) is 0.182. The van der Waals surface area contributed by atoms with E-state index in [1.54, 1.807) is 29.4 Å². The molecule has 19 heavy (non-hydrogen) atoms. The average Bonchev–Trinajstić information content (AvgIpc) is 2.70. The minimum Gasteiger partial charge on any atom is -0.292 e. The number of aromatic nitrogens is 2. The monoisotopic (exact) mass is 270 g/mol. The van der Waals surface area contributed by atoms with Crippen molar-refractivity contribution in [2.75, 3.05) is 0 Å². The van der Waals surface area contributed by atoms with Gasteiger partial charge in [0.15, 0.2) is 11.4 Å². The number of hydrogen-bond acceptors (Lipinski definition) is 3. The van der Waals surface area contributed by atoms with Crippen LogP contribution in [0.5, 0.6) is 0 Å². The summed E-state index contributed by atoms with van der Waals surface area (Å²) >= 11 is 0. The number of nitrogens with one attached hydrogen (secondary N) is 2. The van der Waals surface area contributed by atoms with Crippen molar-refractivity contribution in [3.05, 3.63) is 45.9 Å². The molecule has 0 aliphatic rings. The highest BCUT2D eigenvalue weighted by atomic mass is 19.4. The van der Waals surface area contributed by atoms with Gasteiger partial charge >= 0.3 is 6.18 Å². The van der Waals surface area contributed by atoms with Crippen LogP contribution in [0.2, 0.25) is 0 Å². The summed E-state index contributed by atoms with van der Waals surface area (Å²) < 4.78 is 37.6. The number of azo groups is 1. The van der Waals surface area contributed by atoms with Crippen molar-refractivity contribution < 1.29 is 13.2 Å². The maximum atomic E-state index is 12.5. The van der Waals surface area contributed by atoms with Gasteiger partial charge in [-0.1, -0.05) is 17.7 Å². The second kappa shape index (κ2) is 4.71. The molecule has 0 saturated heterocycles. The van der Waals surface area contributed by atoms with E-state index < -0.39 is 23.1 Å². The average molecular weight is 270 g/mol. The molecule has 5 nitrogen and oxygen atoms in total. The smallest absolute Gasteiger partial charge is 0.292 e. The molecule has 1 aromatic carbocycles. The maximum Gasteiger partial charge on any atom is 0.435 e. The molecule has 2 aromatic rings. The molecule has 0 bridgehead atoms. The van der Waals surface area contributed by atoms with E-state index >= 15 is 0 Å². The molecular weight excluding hydrogens is 261 g/mol. The van der Waals surface area contributed by atoms with Gasteiger partial charge in [0.2, 0.25) is 0 Å². The Bertz CT molecular complexity index is 652. The van der Waals surface area contributed by atoms with Crippen molar-refractivity contribution in [1.82, 2.24) is 10.2 Å². The quantitative estimate of drug-likeness (QED) is 0.806. The first-order valence-electron chi connectivity index (χ1n) is 5.24. The Balaban J connectivity index is 2.36. The van der Waals surface area contributed by atoms with Crippen LogP contribution < -0.4 is 5.56 Å². The standard InChI is InChI=1S/C11H9F3N4O/c1-6-2-4-7(5-3-6)15-16-8-9(11(12,13)14)17-18-10(8)19/h2-5H,1H3,(H2,17,18,19). The second-order valence-electron chi connectivity index (χ2n) is 3.84. The van der Waals surface area contributed by atoms with Gasteiger partial charge in [-0.25, -0.2) is 0 Å².